The highest BCUT2D eigenvalue weighted by Gasteiger charge is 2.35. The van der Waals surface area contributed by atoms with Crippen molar-refractivity contribution in [3.63, 3.8) is 0 Å². The lowest BCUT2D eigenvalue weighted by Gasteiger charge is -2.34. The standard InChI is InChI=1S/C21H22BrNO4/c1-3-26-21(25)18-12-13-23(19-7-5-4-6-17(18)19)20(24)14(2)27-16-10-8-15(22)9-11-16/h4-11,14,18H,3,12-13H2,1-2H3/t14-,18-/m1/s1. The fraction of sp³-hybridized carbons (Fsp3) is 0.333. The second kappa shape index (κ2) is 8.57. The number of esters is 1. The zero-order chi connectivity index (χ0) is 19.4. The van der Waals surface area contributed by atoms with Gasteiger partial charge in [-0.3, -0.25) is 9.59 Å². The van der Waals surface area contributed by atoms with Crippen molar-refractivity contribution in [3.05, 3.63) is 58.6 Å². The summed E-state index contributed by atoms with van der Waals surface area (Å²) in [7, 11) is 0. The number of carbonyl (C=O) groups is 2. The summed E-state index contributed by atoms with van der Waals surface area (Å²) in [5.41, 5.74) is 1.57. The molecule has 1 aliphatic rings. The van der Waals surface area contributed by atoms with Gasteiger partial charge in [0, 0.05) is 16.7 Å². The van der Waals surface area contributed by atoms with Gasteiger partial charge < -0.3 is 14.4 Å². The third-order valence-electron chi connectivity index (χ3n) is 4.56. The van der Waals surface area contributed by atoms with E-state index in [4.69, 9.17) is 9.47 Å². The topological polar surface area (TPSA) is 55.8 Å². The number of fused-ring (bicyclic) bond motifs is 1. The van der Waals surface area contributed by atoms with Gasteiger partial charge in [0.05, 0.1) is 12.5 Å². The number of halogens is 1. The number of carbonyl (C=O) groups excluding carboxylic acids is 2. The molecule has 6 heteroatoms. The van der Waals surface area contributed by atoms with Crippen molar-refractivity contribution < 1.29 is 19.1 Å². The van der Waals surface area contributed by atoms with Gasteiger partial charge >= 0.3 is 5.97 Å². The fourth-order valence-electron chi connectivity index (χ4n) is 3.27. The number of hydrogen-bond donors (Lipinski definition) is 0. The fourth-order valence-corrected chi connectivity index (χ4v) is 3.53. The minimum atomic E-state index is -0.640. The largest absolute Gasteiger partial charge is 0.481 e. The normalized spacial score (nSPS) is 17.0. The lowest BCUT2D eigenvalue weighted by atomic mass is 9.89. The Kier molecular flexibility index (Phi) is 6.16. The molecule has 0 aromatic heterocycles. The first-order valence-corrected chi connectivity index (χ1v) is 9.79. The number of benzene rings is 2. The van der Waals surface area contributed by atoms with Crippen LogP contribution in [0.15, 0.2) is 53.0 Å². The zero-order valence-corrected chi connectivity index (χ0v) is 16.9. The monoisotopic (exact) mass is 431 g/mol. The molecule has 2 atom stereocenters. The predicted octanol–water partition coefficient (Wildman–Crippen LogP) is 4.30. The molecule has 0 fully saturated rings. The molecule has 2 aromatic carbocycles. The second-order valence-corrected chi connectivity index (χ2v) is 7.27. The van der Waals surface area contributed by atoms with E-state index in [9.17, 15) is 9.59 Å². The van der Waals surface area contributed by atoms with Gasteiger partial charge in [0.1, 0.15) is 5.75 Å². The highest BCUT2D eigenvalue weighted by Crippen LogP contribution is 2.36. The Morgan fingerprint density at radius 2 is 1.89 bits per heavy atom. The molecule has 0 bridgehead atoms. The van der Waals surface area contributed by atoms with Crippen molar-refractivity contribution in [2.24, 2.45) is 0 Å². The number of amides is 1. The van der Waals surface area contributed by atoms with E-state index < -0.39 is 6.10 Å². The Balaban J connectivity index is 1.79. The number of rotatable bonds is 5. The number of nitrogens with zero attached hydrogens (tertiary/aromatic N) is 1. The van der Waals surface area contributed by atoms with Crippen LogP contribution >= 0.6 is 15.9 Å². The Bertz CT molecular complexity index is 821. The number of hydrogen-bond acceptors (Lipinski definition) is 4. The highest BCUT2D eigenvalue weighted by molar-refractivity contribution is 9.10. The van der Waals surface area contributed by atoms with Crippen LogP contribution in [0.2, 0.25) is 0 Å². The van der Waals surface area contributed by atoms with Gasteiger partial charge in [-0.25, -0.2) is 0 Å². The molecule has 0 N–H and O–H groups in total. The summed E-state index contributed by atoms with van der Waals surface area (Å²) in [5.74, 6) is -0.0782. The van der Waals surface area contributed by atoms with Crippen molar-refractivity contribution in [2.75, 3.05) is 18.1 Å². The average molecular weight is 432 g/mol. The minimum Gasteiger partial charge on any atom is -0.481 e. The van der Waals surface area contributed by atoms with Crippen molar-refractivity contribution >= 4 is 33.5 Å². The van der Waals surface area contributed by atoms with Gasteiger partial charge in [-0.2, -0.15) is 0 Å². The first-order valence-electron chi connectivity index (χ1n) is 9.00. The first kappa shape index (κ1) is 19.4. The summed E-state index contributed by atoms with van der Waals surface area (Å²) < 4.78 is 12.0. The maximum Gasteiger partial charge on any atom is 0.313 e. The van der Waals surface area contributed by atoms with E-state index in [2.05, 4.69) is 15.9 Å². The van der Waals surface area contributed by atoms with Gasteiger partial charge in [0.15, 0.2) is 6.10 Å². The molecule has 0 radical (unpaired) electrons. The van der Waals surface area contributed by atoms with E-state index in [1.807, 2.05) is 48.5 Å². The highest BCUT2D eigenvalue weighted by atomic mass is 79.9. The van der Waals surface area contributed by atoms with E-state index in [1.165, 1.54) is 0 Å². The molecule has 27 heavy (non-hydrogen) atoms. The van der Waals surface area contributed by atoms with Gasteiger partial charge in [0.25, 0.3) is 5.91 Å². The van der Waals surface area contributed by atoms with E-state index in [1.54, 1.807) is 18.7 Å². The molecule has 0 saturated heterocycles. The molecular weight excluding hydrogens is 410 g/mol. The second-order valence-electron chi connectivity index (χ2n) is 6.36. The molecular formula is C21H22BrNO4. The van der Waals surface area contributed by atoms with Crippen LogP contribution < -0.4 is 9.64 Å². The molecule has 0 aliphatic carbocycles. The Labute approximate surface area is 167 Å². The van der Waals surface area contributed by atoms with Gasteiger partial charge in [-0.1, -0.05) is 34.1 Å². The molecule has 1 amide bonds. The Hall–Kier alpha value is -2.34. The molecule has 2 aromatic rings. The molecule has 142 valence electrons. The van der Waals surface area contributed by atoms with Crippen LogP contribution in [0.3, 0.4) is 0 Å². The molecule has 5 nitrogen and oxygen atoms in total. The molecule has 0 unspecified atom stereocenters. The van der Waals surface area contributed by atoms with Crippen LogP contribution in [0.4, 0.5) is 5.69 Å². The number of anilines is 1. The number of para-hydroxylation sites is 1. The van der Waals surface area contributed by atoms with Crippen LogP contribution in [-0.2, 0) is 14.3 Å². The van der Waals surface area contributed by atoms with Crippen molar-refractivity contribution in [1.82, 2.24) is 0 Å². The summed E-state index contributed by atoms with van der Waals surface area (Å²) in [6.07, 6.45) is -0.106. The molecule has 1 aliphatic heterocycles. The lowest BCUT2D eigenvalue weighted by molar-refractivity contribution is -0.145. The Morgan fingerprint density at radius 1 is 1.19 bits per heavy atom. The van der Waals surface area contributed by atoms with Crippen LogP contribution in [-0.4, -0.2) is 31.1 Å². The molecule has 0 spiro atoms. The van der Waals surface area contributed by atoms with Gasteiger partial charge in [-0.15, -0.1) is 0 Å². The molecule has 0 saturated carbocycles. The van der Waals surface area contributed by atoms with Crippen LogP contribution in [0, 0.1) is 0 Å². The summed E-state index contributed by atoms with van der Waals surface area (Å²) in [6.45, 7) is 4.33. The van der Waals surface area contributed by atoms with E-state index in [0.717, 1.165) is 15.7 Å². The SMILES string of the molecule is CCOC(=O)[C@@H]1CCN(C(=O)[C@@H](C)Oc2ccc(Br)cc2)c2ccccc21. The maximum absolute atomic E-state index is 13.0. The quantitative estimate of drug-likeness (QED) is 0.662. The van der Waals surface area contributed by atoms with Crippen molar-refractivity contribution in [2.45, 2.75) is 32.3 Å². The molecule has 1 heterocycles. The van der Waals surface area contributed by atoms with E-state index in [0.29, 0.717) is 25.3 Å². The summed E-state index contributed by atoms with van der Waals surface area (Å²) in [6, 6.07) is 14.9. The summed E-state index contributed by atoms with van der Waals surface area (Å²) in [5, 5.41) is 0. The van der Waals surface area contributed by atoms with Gasteiger partial charge in [0.2, 0.25) is 0 Å². The average Bonchev–Trinajstić information content (AvgIpc) is 2.68. The lowest BCUT2D eigenvalue weighted by Crippen LogP contribution is -2.44. The van der Waals surface area contributed by atoms with E-state index in [-0.39, 0.29) is 17.8 Å². The minimum absolute atomic E-state index is 0.132. The number of ether oxygens (including phenoxy) is 2. The van der Waals surface area contributed by atoms with Crippen LogP contribution in [0.5, 0.6) is 5.75 Å². The van der Waals surface area contributed by atoms with Crippen LogP contribution in [0.1, 0.15) is 31.7 Å². The van der Waals surface area contributed by atoms with E-state index >= 15 is 0 Å². The Morgan fingerprint density at radius 3 is 2.59 bits per heavy atom. The third kappa shape index (κ3) is 4.33. The third-order valence-corrected chi connectivity index (χ3v) is 5.08. The van der Waals surface area contributed by atoms with Crippen LogP contribution in [0.25, 0.3) is 0 Å². The van der Waals surface area contributed by atoms with Gasteiger partial charge in [-0.05, 0) is 56.2 Å². The summed E-state index contributed by atoms with van der Waals surface area (Å²) >= 11 is 3.38. The first-order chi connectivity index (χ1) is 13.0. The zero-order valence-electron chi connectivity index (χ0n) is 15.4. The van der Waals surface area contributed by atoms with Crippen molar-refractivity contribution in [1.29, 1.82) is 0 Å². The summed E-state index contributed by atoms with van der Waals surface area (Å²) in [4.78, 5) is 27.0. The molecule has 3 rings (SSSR count). The maximum atomic E-state index is 13.0. The smallest absolute Gasteiger partial charge is 0.313 e. The predicted molar refractivity (Wildman–Crippen MR) is 107 cm³/mol. The van der Waals surface area contributed by atoms with Crippen molar-refractivity contribution in [3.8, 4) is 5.75 Å².